The fraction of sp³-hybridized carbons (Fsp3) is 0.286. The van der Waals surface area contributed by atoms with E-state index in [4.69, 9.17) is 9.72 Å². The Bertz CT molecular complexity index is 810. The molecule has 0 bridgehead atoms. The third-order valence-electron chi connectivity index (χ3n) is 4.37. The molecule has 0 spiro atoms. The van der Waals surface area contributed by atoms with E-state index in [1.54, 1.807) is 7.11 Å². The average Bonchev–Trinajstić information content (AvgIpc) is 2.61. The Labute approximate surface area is 138 Å². The number of fused-ring (bicyclic) bond motifs is 1. The van der Waals surface area contributed by atoms with E-state index in [2.05, 4.69) is 50.2 Å². The zero-order valence-electron chi connectivity index (χ0n) is 14.0. The number of pyridine rings is 1. The zero-order chi connectivity index (χ0) is 16.2. The van der Waals surface area contributed by atoms with Crippen LogP contribution in [0.15, 0.2) is 54.6 Å². The molecule has 0 saturated carbocycles. The SMILES string of the molecule is CCCC(C)c1cc(-c2cccc(OC)c2)nc2ccccc12. The van der Waals surface area contributed by atoms with E-state index >= 15 is 0 Å². The lowest BCUT2D eigenvalue weighted by molar-refractivity contribution is 0.415. The van der Waals surface area contributed by atoms with Crippen molar-refractivity contribution in [2.45, 2.75) is 32.6 Å². The van der Waals surface area contributed by atoms with E-state index in [0.29, 0.717) is 5.92 Å². The topological polar surface area (TPSA) is 22.1 Å². The van der Waals surface area contributed by atoms with Crippen molar-refractivity contribution >= 4 is 10.9 Å². The normalized spacial score (nSPS) is 12.3. The Morgan fingerprint density at radius 2 is 1.87 bits per heavy atom. The molecule has 1 aromatic heterocycles. The second-order valence-electron chi connectivity index (χ2n) is 6.04. The number of hydrogen-bond acceptors (Lipinski definition) is 2. The first-order chi connectivity index (χ1) is 11.2. The summed E-state index contributed by atoms with van der Waals surface area (Å²) < 4.78 is 5.35. The molecule has 3 aromatic rings. The van der Waals surface area contributed by atoms with Crippen molar-refractivity contribution in [3.05, 3.63) is 60.2 Å². The third kappa shape index (κ3) is 3.21. The summed E-state index contributed by atoms with van der Waals surface area (Å²) in [5.41, 5.74) is 4.56. The quantitative estimate of drug-likeness (QED) is 0.593. The number of benzene rings is 2. The molecule has 0 aliphatic heterocycles. The molecule has 23 heavy (non-hydrogen) atoms. The van der Waals surface area contributed by atoms with E-state index in [-0.39, 0.29) is 0 Å². The van der Waals surface area contributed by atoms with E-state index in [0.717, 1.165) is 22.5 Å². The summed E-state index contributed by atoms with van der Waals surface area (Å²) in [4.78, 5) is 4.87. The van der Waals surface area contributed by atoms with Crippen LogP contribution in [0, 0.1) is 0 Å². The summed E-state index contributed by atoms with van der Waals surface area (Å²) in [5.74, 6) is 1.39. The van der Waals surface area contributed by atoms with Gasteiger partial charge in [0.15, 0.2) is 0 Å². The molecule has 118 valence electrons. The second kappa shape index (κ2) is 6.82. The third-order valence-corrected chi connectivity index (χ3v) is 4.37. The van der Waals surface area contributed by atoms with Gasteiger partial charge in [0.25, 0.3) is 0 Å². The Kier molecular flexibility index (Phi) is 4.61. The van der Waals surface area contributed by atoms with E-state index in [1.165, 1.54) is 23.8 Å². The molecule has 2 aromatic carbocycles. The van der Waals surface area contributed by atoms with Crippen LogP contribution in [0.5, 0.6) is 5.75 Å². The number of ether oxygens (including phenoxy) is 1. The van der Waals surface area contributed by atoms with Crippen LogP contribution in [0.4, 0.5) is 0 Å². The van der Waals surface area contributed by atoms with Gasteiger partial charge in [-0.2, -0.15) is 0 Å². The summed E-state index contributed by atoms with van der Waals surface area (Å²) in [5, 5.41) is 1.26. The lowest BCUT2D eigenvalue weighted by Crippen LogP contribution is -1.98. The van der Waals surface area contributed by atoms with Gasteiger partial charge in [0.1, 0.15) is 5.75 Å². The Hall–Kier alpha value is -2.35. The van der Waals surface area contributed by atoms with Crippen molar-refractivity contribution < 1.29 is 4.74 Å². The fourth-order valence-corrected chi connectivity index (χ4v) is 3.13. The van der Waals surface area contributed by atoms with Crippen LogP contribution in [0.3, 0.4) is 0 Å². The molecule has 3 rings (SSSR count). The summed E-state index contributed by atoms with van der Waals surface area (Å²) in [7, 11) is 1.70. The number of methoxy groups -OCH3 is 1. The first-order valence-electron chi connectivity index (χ1n) is 8.27. The van der Waals surface area contributed by atoms with Crippen LogP contribution in [-0.4, -0.2) is 12.1 Å². The van der Waals surface area contributed by atoms with Crippen molar-refractivity contribution in [1.82, 2.24) is 4.98 Å². The monoisotopic (exact) mass is 305 g/mol. The van der Waals surface area contributed by atoms with Gasteiger partial charge >= 0.3 is 0 Å². The molecule has 0 fully saturated rings. The lowest BCUT2D eigenvalue weighted by Gasteiger charge is -2.16. The standard InChI is InChI=1S/C21H23NO/c1-4-8-15(2)19-14-21(16-9-7-10-17(13-16)23-3)22-20-12-6-5-11-18(19)20/h5-7,9-15H,4,8H2,1-3H3. The summed E-state index contributed by atoms with van der Waals surface area (Å²) >= 11 is 0. The van der Waals surface area contributed by atoms with Gasteiger partial charge < -0.3 is 4.74 Å². The van der Waals surface area contributed by atoms with E-state index in [9.17, 15) is 0 Å². The van der Waals surface area contributed by atoms with Gasteiger partial charge in [-0.15, -0.1) is 0 Å². The molecule has 0 aliphatic carbocycles. The van der Waals surface area contributed by atoms with Crippen LogP contribution >= 0.6 is 0 Å². The maximum absolute atomic E-state index is 5.35. The molecular weight excluding hydrogens is 282 g/mol. The highest BCUT2D eigenvalue weighted by molar-refractivity contribution is 5.85. The van der Waals surface area contributed by atoms with Crippen molar-refractivity contribution in [3.8, 4) is 17.0 Å². The Balaban J connectivity index is 2.17. The van der Waals surface area contributed by atoms with Gasteiger partial charge in [0.2, 0.25) is 0 Å². The lowest BCUT2D eigenvalue weighted by atomic mass is 9.92. The van der Waals surface area contributed by atoms with Gasteiger partial charge in [0.05, 0.1) is 18.3 Å². The average molecular weight is 305 g/mol. The maximum atomic E-state index is 5.35. The summed E-state index contributed by atoms with van der Waals surface area (Å²) in [6.07, 6.45) is 2.37. The summed E-state index contributed by atoms with van der Waals surface area (Å²) in [6, 6.07) is 18.8. The van der Waals surface area contributed by atoms with Crippen LogP contribution in [0.2, 0.25) is 0 Å². The first-order valence-corrected chi connectivity index (χ1v) is 8.27. The summed E-state index contributed by atoms with van der Waals surface area (Å²) in [6.45, 7) is 4.55. The Morgan fingerprint density at radius 1 is 1.04 bits per heavy atom. The highest BCUT2D eigenvalue weighted by atomic mass is 16.5. The molecule has 0 aliphatic rings. The minimum Gasteiger partial charge on any atom is -0.497 e. The fourth-order valence-electron chi connectivity index (χ4n) is 3.13. The number of hydrogen-bond donors (Lipinski definition) is 0. The number of aromatic nitrogens is 1. The van der Waals surface area contributed by atoms with Gasteiger partial charge in [-0.1, -0.05) is 50.6 Å². The highest BCUT2D eigenvalue weighted by Crippen LogP contribution is 2.32. The molecule has 0 saturated heterocycles. The van der Waals surface area contributed by atoms with Crippen LogP contribution < -0.4 is 4.74 Å². The van der Waals surface area contributed by atoms with E-state index < -0.39 is 0 Å². The Morgan fingerprint density at radius 3 is 2.65 bits per heavy atom. The molecule has 0 N–H and O–H groups in total. The van der Waals surface area contributed by atoms with Gasteiger partial charge in [-0.3, -0.25) is 0 Å². The molecule has 2 heteroatoms. The smallest absolute Gasteiger partial charge is 0.119 e. The minimum atomic E-state index is 0.525. The van der Waals surface area contributed by atoms with Gasteiger partial charge in [-0.05, 0) is 42.2 Å². The molecule has 1 unspecified atom stereocenters. The highest BCUT2D eigenvalue weighted by Gasteiger charge is 2.13. The largest absolute Gasteiger partial charge is 0.497 e. The maximum Gasteiger partial charge on any atom is 0.119 e. The minimum absolute atomic E-state index is 0.525. The second-order valence-corrected chi connectivity index (χ2v) is 6.04. The van der Waals surface area contributed by atoms with Crippen molar-refractivity contribution in [1.29, 1.82) is 0 Å². The predicted octanol–water partition coefficient (Wildman–Crippen LogP) is 5.81. The molecule has 0 radical (unpaired) electrons. The number of rotatable bonds is 5. The van der Waals surface area contributed by atoms with Crippen molar-refractivity contribution in [2.75, 3.05) is 7.11 Å². The zero-order valence-corrected chi connectivity index (χ0v) is 14.0. The molecule has 0 amide bonds. The van der Waals surface area contributed by atoms with Crippen molar-refractivity contribution in [2.24, 2.45) is 0 Å². The molecule has 2 nitrogen and oxygen atoms in total. The van der Waals surface area contributed by atoms with Crippen LogP contribution in [-0.2, 0) is 0 Å². The van der Waals surface area contributed by atoms with Crippen LogP contribution in [0.25, 0.3) is 22.2 Å². The van der Waals surface area contributed by atoms with Gasteiger partial charge in [0, 0.05) is 10.9 Å². The van der Waals surface area contributed by atoms with Crippen molar-refractivity contribution in [3.63, 3.8) is 0 Å². The number of nitrogens with zero attached hydrogens (tertiary/aromatic N) is 1. The van der Waals surface area contributed by atoms with E-state index in [1.807, 2.05) is 18.2 Å². The first kappa shape index (κ1) is 15.5. The molecule has 1 atom stereocenters. The van der Waals surface area contributed by atoms with Crippen LogP contribution in [0.1, 0.15) is 38.2 Å². The predicted molar refractivity (Wildman–Crippen MR) is 97.1 cm³/mol. The molecular formula is C21H23NO. The van der Waals surface area contributed by atoms with Gasteiger partial charge in [-0.25, -0.2) is 4.98 Å². The number of para-hydroxylation sites is 1. The molecule has 1 heterocycles.